The fourth-order valence-electron chi connectivity index (χ4n) is 0.824. The molecule has 0 fully saturated rings. The summed E-state index contributed by atoms with van der Waals surface area (Å²) in [5.74, 6) is 0. The van der Waals surface area contributed by atoms with Crippen molar-refractivity contribution in [2.45, 2.75) is 0 Å². The second kappa shape index (κ2) is 4.21. The monoisotopic (exact) mass is 163 g/mol. The molecular formula is C8H9N3O. The van der Waals surface area contributed by atoms with E-state index in [1.54, 1.807) is 6.19 Å². The third-order valence-corrected chi connectivity index (χ3v) is 1.32. The molecule has 1 rings (SSSR count). The highest BCUT2D eigenvalue weighted by atomic mass is 16.7. The average molecular weight is 163 g/mol. The molecule has 12 heavy (non-hydrogen) atoms. The number of benzene rings is 1. The standard InChI is InChI=1S/C8H9N3O/c1-12-11(10-7-9)8-5-3-2-4-6-8/h2-6,10H,1H3. The molecule has 1 aromatic carbocycles. The van der Waals surface area contributed by atoms with Gasteiger partial charge in [-0.3, -0.25) is 4.84 Å². The largest absolute Gasteiger partial charge is 0.256 e. The summed E-state index contributed by atoms with van der Waals surface area (Å²) in [4.78, 5) is 4.88. The van der Waals surface area contributed by atoms with E-state index in [0.717, 1.165) is 5.69 Å². The second-order valence-corrected chi connectivity index (χ2v) is 2.04. The van der Waals surface area contributed by atoms with E-state index in [1.807, 2.05) is 30.3 Å². The first kappa shape index (κ1) is 8.37. The Morgan fingerprint density at radius 3 is 2.58 bits per heavy atom. The van der Waals surface area contributed by atoms with Crippen molar-refractivity contribution in [2.24, 2.45) is 0 Å². The molecule has 4 heteroatoms. The van der Waals surface area contributed by atoms with Crippen LogP contribution in [0.1, 0.15) is 0 Å². The molecular weight excluding hydrogens is 154 g/mol. The lowest BCUT2D eigenvalue weighted by molar-refractivity contribution is 0.149. The molecule has 0 heterocycles. The van der Waals surface area contributed by atoms with Gasteiger partial charge < -0.3 is 0 Å². The van der Waals surface area contributed by atoms with Gasteiger partial charge in [-0.2, -0.15) is 10.4 Å². The minimum atomic E-state index is 0.779. The summed E-state index contributed by atoms with van der Waals surface area (Å²) in [6.07, 6.45) is 1.77. The maximum Gasteiger partial charge on any atom is 0.199 e. The number of para-hydroxylation sites is 1. The summed E-state index contributed by atoms with van der Waals surface area (Å²) in [5.41, 5.74) is 3.14. The molecule has 0 aliphatic rings. The van der Waals surface area contributed by atoms with Crippen molar-refractivity contribution >= 4 is 5.69 Å². The number of hydrogen-bond donors (Lipinski definition) is 1. The maximum atomic E-state index is 8.35. The Morgan fingerprint density at radius 1 is 1.42 bits per heavy atom. The minimum Gasteiger partial charge on any atom is -0.256 e. The lowest BCUT2D eigenvalue weighted by Gasteiger charge is -2.17. The number of nitrogens with one attached hydrogen (secondary N) is 1. The minimum absolute atomic E-state index is 0.779. The zero-order valence-corrected chi connectivity index (χ0v) is 6.69. The van der Waals surface area contributed by atoms with Gasteiger partial charge in [0.2, 0.25) is 0 Å². The van der Waals surface area contributed by atoms with E-state index < -0.39 is 0 Å². The van der Waals surface area contributed by atoms with Crippen LogP contribution < -0.4 is 10.6 Å². The summed E-state index contributed by atoms with van der Waals surface area (Å²) in [5, 5.41) is 9.62. The summed E-state index contributed by atoms with van der Waals surface area (Å²) >= 11 is 0. The predicted octanol–water partition coefficient (Wildman–Crippen LogP) is 1.04. The Balaban J connectivity index is 2.75. The van der Waals surface area contributed by atoms with Gasteiger partial charge in [0.15, 0.2) is 6.19 Å². The zero-order valence-electron chi connectivity index (χ0n) is 6.69. The molecule has 0 atom stereocenters. The quantitative estimate of drug-likeness (QED) is 0.411. The Kier molecular flexibility index (Phi) is 2.94. The fourth-order valence-corrected chi connectivity index (χ4v) is 0.824. The van der Waals surface area contributed by atoms with Crippen LogP contribution in [0.5, 0.6) is 0 Å². The lowest BCUT2D eigenvalue weighted by Crippen LogP contribution is -2.33. The number of nitrogens with zero attached hydrogens (tertiary/aromatic N) is 2. The van der Waals surface area contributed by atoms with Crippen LogP contribution in [-0.4, -0.2) is 7.11 Å². The van der Waals surface area contributed by atoms with Gasteiger partial charge in [-0.1, -0.05) is 18.2 Å². The fraction of sp³-hybridized carbons (Fsp3) is 0.125. The summed E-state index contributed by atoms with van der Waals surface area (Å²) in [7, 11) is 1.48. The highest BCUT2D eigenvalue weighted by Gasteiger charge is 2.00. The first-order valence-corrected chi connectivity index (χ1v) is 3.42. The average Bonchev–Trinajstić information content (AvgIpc) is 2.15. The van der Waals surface area contributed by atoms with E-state index >= 15 is 0 Å². The summed E-state index contributed by atoms with van der Waals surface area (Å²) in [6, 6.07) is 9.27. The first-order chi connectivity index (χ1) is 5.88. The lowest BCUT2D eigenvalue weighted by atomic mass is 10.3. The van der Waals surface area contributed by atoms with Gasteiger partial charge in [-0.25, -0.2) is 5.43 Å². The van der Waals surface area contributed by atoms with Crippen LogP contribution in [0.4, 0.5) is 5.69 Å². The molecule has 0 aromatic heterocycles. The normalized spacial score (nSPS) is 8.67. The van der Waals surface area contributed by atoms with Gasteiger partial charge >= 0.3 is 0 Å². The SMILES string of the molecule is CON(NC#N)c1ccccc1. The topological polar surface area (TPSA) is 48.3 Å². The maximum absolute atomic E-state index is 8.35. The molecule has 0 unspecified atom stereocenters. The van der Waals surface area contributed by atoms with E-state index in [-0.39, 0.29) is 0 Å². The third kappa shape index (κ3) is 1.87. The van der Waals surface area contributed by atoms with Crippen molar-refractivity contribution in [3.63, 3.8) is 0 Å². The van der Waals surface area contributed by atoms with Crippen molar-refractivity contribution in [1.29, 1.82) is 5.26 Å². The molecule has 4 nitrogen and oxygen atoms in total. The molecule has 0 saturated heterocycles. The second-order valence-electron chi connectivity index (χ2n) is 2.04. The molecule has 62 valence electrons. The van der Waals surface area contributed by atoms with Gasteiger partial charge in [-0.15, -0.1) is 0 Å². The molecule has 0 aliphatic heterocycles. The van der Waals surface area contributed by atoms with Gasteiger partial charge in [-0.05, 0) is 12.1 Å². The van der Waals surface area contributed by atoms with E-state index in [1.165, 1.54) is 12.3 Å². The van der Waals surface area contributed by atoms with Crippen molar-refractivity contribution < 1.29 is 4.84 Å². The Bertz CT molecular complexity index is 267. The van der Waals surface area contributed by atoms with E-state index in [0.29, 0.717) is 0 Å². The van der Waals surface area contributed by atoms with E-state index in [9.17, 15) is 0 Å². The van der Waals surface area contributed by atoms with E-state index in [4.69, 9.17) is 10.1 Å². The van der Waals surface area contributed by atoms with Crippen molar-refractivity contribution in [3.05, 3.63) is 30.3 Å². The number of rotatable bonds is 3. The molecule has 0 saturated carbocycles. The van der Waals surface area contributed by atoms with Crippen molar-refractivity contribution in [3.8, 4) is 6.19 Å². The van der Waals surface area contributed by atoms with Crippen LogP contribution in [-0.2, 0) is 4.84 Å². The first-order valence-electron chi connectivity index (χ1n) is 3.42. The Morgan fingerprint density at radius 2 is 2.08 bits per heavy atom. The van der Waals surface area contributed by atoms with Crippen LogP contribution >= 0.6 is 0 Å². The Hall–Kier alpha value is -1.73. The molecule has 0 radical (unpaired) electrons. The third-order valence-electron chi connectivity index (χ3n) is 1.32. The van der Waals surface area contributed by atoms with Gasteiger partial charge in [0.05, 0.1) is 12.8 Å². The summed E-state index contributed by atoms with van der Waals surface area (Å²) in [6.45, 7) is 0. The number of hydrazine groups is 1. The van der Waals surface area contributed by atoms with Crippen molar-refractivity contribution in [2.75, 3.05) is 12.3 Å². The Labute approximate surface area is 70.9 Å². The van der Waals surface area contributed by atoms with Gasteiger partial charge in [0, 0.05) is 0 Å². The van der Waals surface area contributed by atoms with Crippen LogP contribution in [0.2, 0.25) is 0 Å². The number of hydrogen-bond acceptors (Lipinski definition) is 4. The van der Waals surface area contributed by atoms with Crippen LogP contribution in [0.3, 0.4) is 0 Å². The molecule has 0 aliphatic carbocycles. The van der Waals surface area contributed by atoms with Crippen LogP contribution in [0, 0.1) is 11.5 Å². The highest BCUT2D eigenvalue weighted by molar-refractivity contribution is 5.42. The zero-order chi connectivity index (χ0) is 8.81. The van der Waals surface area contributed by atoms with Crippen LogP contribution in [0.15, 0.2) is 30.3 Å². The highest BCUT2D eigenvalue weighted by Crippen LogP contribution is 2.09. The molecule has 0 amide bonds. The molecule has 1 aromatic rings. The molecule has 0 bridgehead atoms. The van der Waals surface area contributed by atoms with Crippen molar-refractivity contribution in [1.82, 2.24) is 5.43 Å². The molecule has 0 spiro atoms. The predicted molar refractivity (Wildman–Crippen MR) is 44.7 cm³/mol. The summed E-state index contributed by atoms with van der Waals surface area (Å²) < 4.78 is 0. The number of anilines is 1. The number of nitriles is 1. The van der Waals surface area contributed by atoms with Gasteiger partial charge in [0.1, 0.15) is 0 Å². The molecule has 1 N–H and O–H groups in total. The van der Waals surface area contributed by atoms with E-state index in [2.05, 4.69) is 5.43 Å². The smallest absolute Gasteiger partial charge is 0.199 e. The van der Waals surface area contributed by atoms with Crippen LogP contribution in [0.25, 0.3) is 0 Å². The van der Waals surface area contributed by atoms with Gasteiger partial charge in [0.25, 0.3) is 0 Å².